The average molecular weight is 346 g/mol. The lowest BCUT2D eigenvalue weighted by Crippen LogP contribution is -2.30. The van der Waals surface area contributed by atoms with E-state index in [-0.39, 0.29) is 11.7 Å². The average Bonchev–Trinajstić information content (AvgIpc) is 3.06. The Balaban J connectivity index is 1.65. The van der Waals surface area contributed by atoms with Crippen LogP contribution in [0.1, 0.15) is 16.8 Å². The van der Waals surface area contributed by atoms with Gasteiger partial charge in [0.05, 0.1) is 0 Å². The van der Waals surface area contributed by atoms with E-state index in [1.54, 1.807) is 24.3 Å². The van der Waals surface area contributed by atoms with Gasteiger partial charge < -0.3 is 15.0 Å². The molecule has 1 fully saturated rings. The maximum absolute atomic E-state index is 13.6. The molecule has 0 spiro atoms. The number of ether oxygens (including phenoxy) is 1. The molecule has 2 aromatic carbocycles. The summed E-state index contributed by atoms with van der Waals surface area (Å²) in [6.45, 7) is 2.41. The molecule has 1 N–H and O–H groups in total. The van der Waals surface area contributed by atoms with Crippen LogP contribution in [0.25, 0.3) is 0 Å². The zero-order valence-corrected chi connectivity index (χ0v) is 14.0. The number of rotatable bonds is 5. The molecule has 132 valence electrons. The van der Waals surface area contributed by atoms with E-state index in [1.165, 1.54) is 6.07 Å². The third-order valence-electron chi connectivity index (χ3n) is 4.29. The van der Waals surface area contributed by atoms with Gasteiger partial charge >= 0.3 is 0 Å². The molecule has 0 bridgehead atoms. The molecule has 0 aromatic heterocycles. The van der Waals surface area contributed by atoms with Crippen molar-refractivity contribution in [1.82, 2.24) is 10.2 Å². The first kappa shape index (κ1) is 17.4. The van der Waals surface area contributed by atoms with Gasteiger partial charge in [-0.15, -0.1) is 0 Å². The summed E-state index contributed by atoms with van der Waals surface area (Å²) in [7, 11) is 1.91. The number of carbonyl (C=O) groups excluding carboxylic acids is 1. The Morgan fingerprint density at radius 3 is 2.68 bits per heavy atom. The number of benzene rings is 2. The SMILES string of the molecule is CNCC1CCN(C(=O)c2ccc(Oc3ccc(F)cc3F)cc2)C1. The van der Waals surface area contributed by atoms with Gasteiger partial charge in [-0.1, -0.05) is 0 Å². The second-order valence-corrected chi connectivity index (χ2v) is 6.16. The van der Waals surface area contributed by atoms with Crippen LogP contribution in [0.2, 0.25) is 0 Å². The molecule has 2 aromatic rings. The van der Waals surface area contributed by atoms with Gasteiger partial charge in [0.25, 0.3) is 5.91 Å². The van der Waals surface area contributed by atoms with Gasteiger partial charge in [-0.3, -0.25) is 4.79 Å². The Morgan fingerprint density at radius 1 is 1.24 bits per heavy atom. The predicted octanol–water partition coefficient (Wildman–Crippen LogP) is 3.44. The Hall–Kier alpha value is -2.47. The fourth-order valence-electron chi connectivity index (χ4n) is 3.01. The standard InChI is InChI=1S/C19H20F2N2O2/c1-22-11-13-8-9-23(12-13)19(24)14-2-5-16(6-3-14)25-18-7-4-15(20)10-17(18)21/h2-7,10,13,22H,8-9,11-12H2,1H3. The molecule has 3 rings (SSSR count). The van der Waals surface area contributed by atoms with Crippen LogP contribution in [-0.4, -0.2) is 37.5 Å². The summed E-state index contributed by atoms with van der Waals surface area (Å²) in [5, 5.41) is 3.14. The highest BCUT2D eigenvalue weighted by molar-refractivity contribution is 5.94. The van der Waals surface area contributed by atoms with Crippen molar-refractivity contribution in [2.75, 3.05) is 26.7 Å². The minimum absolute atomic E-state index is 0.0156. The zero-order valence-electron chi connectivity index (χ0n) is 14.0. The second kappa shape index (κ2) is 7.61. The van der Waals surface area contributed by atoms with Gasteiger partial charge in [-0.2, -0.15) is 0 Å². The molecule has 0 radical (unpaired) electrons. The molecule has 1 aliphatic rings. The molecule has 0 saturated carbocycles. The molecular formula is C19H20F2N2O2. The minimum Gasteiger partial charge on any atom is -0.454 e. The Kier molecular flexibility index (Phi) is 5.28. The molecule has 1 amide bonds. The van der Waals surface area contributed by atoms with Crippen LogP contribution in [0.4, 0.5) is 8.78 Å². The van der Waals surface area contributed by atoms with Crippen molar-refractivity contribution in [3.05, 3.63) is 59.7 Å². The summed E-state index contributed by atoms with van der Waals surface area (Å²) >= 11 is 0. The lowest BCUT2D eigenvalue weighted by Gasteiger charge is -2.17. The van der Waals surface area contributed by atoms with Crippen LogP contribution in [0.15, 0.2) is 42.5 Å². The van der Waals surface area contributed by atoms with Gasteiger partial charge in [0.2, 0.25) is 0 Å². The Morgan fingerprint density at radius 2 is 2.00 bits per heavy atom. The van der Waals surface area contributed by atoms with Crippen LogP contribution in [0, 0.1) is 17.6 Å². The molecule has 1 saturated heterocycles. The Bertz CT molecular complexity index is 750. The van der Waals surface area contributed by atoms with Crippen LogP contribution >= 0.6 is 0 Å². The molecule has 6 heteroatoms. The highest BCUT2D eigenvalue weighted by Gasteiger charge is 2.26. The number of carbonyl (C=O) groups is 1. The first-order chi connectivity index (χ1) is 12.1. The molecule has 1 atom stereocenters. The van der Waals surface area contributed by atoms with Crippen molar-refractivity contribution >= 4 is 5.91 Å². The maximum Gasteiger partial charge on any atom is 0.253 e. The number of hydrogen-bond donors (Lipinski definition) is 1. The van der Waals surface area contributed by atoms with Crippen LogP contribution in [0.5, 0.6) is 11.5 Å². The van der Waals surface area contributed by atoms with Crippen molar-refractivity contribution in [3.63, 3.8) is 0 Å². The summed E-state index contributed by atoms with van der Waals surface area (Å²) in [5.41, 5.74) is 0.567. The first-order valence-electron chi connectivity index (χ1n) is 8.23. The molecule has 1 unspecified atom stereocenters. The molecule has 25 heavy (non-hydrogen) atoms. The van der Waals surface area contributed by atoms with Crippen molar-refractivity contribution in [2.45, 2.75) is 6.42 Å². The fraction of sp³-hybridized carbons (Fsp3) is 0.316. The smallest absolute Gasteiger partial charge is 0.253 e. The van der Waals surface area contributed by atoms with Gasteiger partial charge in [0, 0.05) is 24.7 Å². The number of nitrogens with one attached hydrogen (secondary N) is 1. The number of nitrogens with zero attached hydrogens (tertiary/aromatic N) is 1. The normalized spacial score (nSPS) is 16.9. The maximum atomic E-state index is 13.6. The molecule has 0 aliphatic carbocycles. The van der Waals surface area contributed by atoms with Crippen LogP contribution < -0.4 is 10.1 Å². The summed E-state index contributed by atoms with van der Waals surface area (Å²) in [6.07, 6.45) is 0.998. The number of amides is 1. The number of halogens is 2. The summed E-state index contributed by atoms with van der Waals surface area (Å²) in [4.78, 5) is 14.4. The first-order valence-corrected chi connectivity index (χ1v) is 8.23. The van der Waals surface area contributed by atoms with E-state index in [0.717, 1.165) is 38.2 Å². The van der Waals surface area contributed by atoms with Crippen molar-refractivity contribution < 1.29 is 18.3 Å². The van der Waals surface area contributed by atoms with Crippen LogP contribution in [-0.2, 0) is 0 Å². The summed E-state index contributed by atoms with van der Waals surface area (Å²) < 4.78 is 31.9. The van der Waals surface area contributed by atoms with Crippen molar-refractivity contribution in [3.8, 4) is 11.5 Å². The summed E-state index contributed by atoms with van der Waals surface area (Å²) in [5.74, 6) is -0.636. The van der Waals surface area contributed by atoms with E-state index in [2.05, 4.69) is 5.32 Å². The second-order valence-electron chi connectivity index (χ2n) is 6.16. The van der Waals surface area contributed by atoms with Gasteiger partial charge in [0.1, 0.15) is 11.6 Å². The molecular weight excluding hydrogens is 326 g/mol. The predicted molar refractivity (Wildman–Crippen MR) is 90.8 cm³/mol. The quantitative estimate of drug-likeness (QED) is 0.902. The van der Waals surface area contributed by atoms with E-state index in [9.17, 15) is 13.6 Å². The topological polar surface area (TPSA) is 41.6 Å². The third kappa shape index (κ3) is 4.14. The lowest BCUT2D eigenvalue weighted by atomic mass is 10.1. The van der Waals surface area contributed by atoms with E-state index in [4.69, 9.17) is 4.74 Å². The minimum atomic E-state index is -0.771. The van der Waals surface area contributed by atoms with Gasteiger partial charge in [-0.25, -0.2) is 8.78 Å². The van der Waals surface area contributed by atoms with E-state index >= 15 is 0 Å². The number of likely N-dealkylation sites (tertiary alicyclic amines) is 1. The fourth-order valence-corrected chi connectivity index (χ4v) is 3.01. The highest BCUT2D eigenvalue weighted by atomic mass is 19.1. The molecule has 4 nitrogen and oxygen atoms in total. The van der Waals surface area contributed by atoms with E-state index < -0.39 is 11.6 Å². The van der Waals surface area contributed by atoms with Gasteiger partial charge in [0.15, 0.2) is 11.6 Å². The third-order valence-corrected chi connectivity index (χ3v) is 4.29. The number of hydrogen-bond acceptors (Lipinski definition) is 3. The monoisotopic (exact) mass is 346 g/mol. The van der Waals surface area contributed by atoms with Crippen molar-refractivity contribution in [1.29, 1.82) is 0 Å². The zero-order chi connectivity index (χ0) is 17.8. The summed E-state index contributed by atoms with van der Waals surface area (Å²) in [6, 6.07) is 9.66. The van der Waals surface area contributed by atoms with Gasteiger partial charge in [-0.05, 0) is 62.3 Å². The molecule has 1 aliphatic heterocycles. The van der Waals surface area contributed by atoms with E-state index in [1.807, 2.05) is 11.9 Å². The van der Waals surface area contributed by atoms with Crippen molar-refractivity contribution in [2.24, 2.45) is 5.92 Å². The Labute approximate surface area is 145 Å². The van der Waals surface area contributed by atoms with E-state index in [0.29, 0.717) is 17.2 Å². The molecule has 1 heterocycles. The largest absolute Gasteiger partial charge is 0.454 e. The highest BCUT2D eigenvalue weighted by Crippen LogP contribution is 2.26. The lowest BCUT2D eigenvalue weighted by molar-refractivity contribution is 0.0787. The van der Waals surface area contributed by atoms with Crippen LogP contribution in [0.3, 0.4) is 0 Å².